The van der Waals surface area contributed by atoms with E-state index >= 15 is 0 Å². The number of ketones is 2. The van der Waals surface area contributed by atoms with Crippen LogP contribution in [0.2, 0.25) is 0 Å². The molecule has 0 spiro atoms. The van der Waals surface area contributed by atoms with Gasteiger partial charge >= 0.3 is 11.4 Å². The first-order chi connectivity index (χ1) is 14.7. The highest BCUT2D eigenvalue weighted by Crippen LogP contribution is 2.59. The number of hydrogen-bond acceptors (Lipinski definition) is 6. The number of furan rings is 1. The van der Waals surface area contributed by atoms with Crippen LogP contribution in [0.1, 0.15) is 43.7 Å². The minimum atomic E-state index is -1.09. The predicted octanol–water partition coefficient (Wildman–Crippen LogP) is 0.823. The molecule has 1 N–H and O–H groups in total. The van der Waals surface area contributed by atoms with Crippen molar-refractivity contribution >= 4 is 11.6 Å². The molecule has 4 atom stereocenters. The van der Waals surface area contributed by atoms with Crippen molar-refractivity contribution in [2.24, 2.45) is 18.4 Å². The molecule has 162 valence electrons. The fourth-order valence-corrected chi connectivity index (χ4v) is 5.70. The maximum Gasteiger partial charge on any atom is 0.347 e. The monoisotopic (exact) mass is 425 g/mol. The summed E-state index contributed by atoms with van der Waals surface area (Å²) in [4.78, 5) is 51.9. The third kappa shape index (κ3) is 2.40. The van der Waals surface area contributed by atoms with Crippen LogP contribution in [-0.4, -0.2) is 30.6 Å². The number of aliphatic hydroxyl groups is 1. The van der Waals surface area contributed by atoms with Crippen LogP contribution in [0.5, 0.6) is 0 Å². The molecule has 3 aliphatic rings. The third-order valence-corrected chi connectivity index (χ3v) is 7.22. The SMILES string of the molecule is CC1=CC(=O)C2CC3C(=CCn4c(=O)n(C)c(=O)n43)C(c3ccc(CO)o3)C2(C)C1=O. The molecule has 5 rings (SSSR count). The second-order valence-electron chi connectivity index (χ2n) is 8.80. The molecule has 3 heterocycles. The van der Waals surface area contributed by atoms with Crippen molar-refractivity contribution in [3.05, 3.63) is 67.9 Å². The molecule has 0 bridgehead atoms. The van der Waals surface area contributed by atoms with Gasteiger partial charge in [-0.3, -0.25) is 9.59 Å². The fraction of sp³-hybridized carbons (Fsp3) is 0.455. The van der Waals surface area contributed by atoms with Gasteiger partial charge in [0.2, 0.25) is 0 Å². The summed E-state index contributed by atoms with van der Waals surface area (Å²) < 4.78 is 9.69. The largest absolute Gasteiger partial charge is 0.463 e. The highest BCUT2D eigenvalue weighted by atomic mass is 16.4. The van der Waals surface area contributed by atoms with Crippen LogP contribution in [0.3, 0.4) is 0 Å². The van der Waals surface area contributed by atoms with Crippen molar-refractivity contribution in [1.29, 1.82) is 0 Å². The summed E-state index contributed by atoms with van der Waals surface area (Å²) >= 11 is 0. The highest BCUT2D eigenvalue weighted by Gasteiger charge is 2.60. The Hall–Kier alpha value is -3.20. The number of hydrogen-bond donors (Lipinski definition) is 1. The van der Waals surface area contributed by atoms with E-state index in [4.69, 9.17) is 4.42 Å². The predicted molar refractivity (Wildman–Crippen MR) is 108 cm³/mol. The summed E-state index contributed by atoms with van der Waals surface area (Å²) in [5.74, 6) is -0.764. The lowest BCUT2D eigenvalue weighted by molar-refractivity contribution is -0.140. The molecule has 9 nitrogen and oxygen atoms in total. The van der Waals surface area contributed by atoms with E-state index in [0.717, 1.165) is 10.1 Å². The van der Waals surface area contributed by atoms with E-state index in [-0.39, 0.29) is 31.1 Å². The molecule has 1 fully saturated rings. The maximum absolute atomic E-state index is 13.5. The molecular weight excluding hydrogens is 402 g/mol. The van der Waals surface area contributed by atoms with Crippen LogP contribution in [0.25, 0.3) is 0 Å². The zero-order chi connectivity index (χ0) is 22.2. The average molecular weight is 425 g/mol. The van der Waals surface area contributed by atoms with Gasteiger partial charge in [0, 0.05) is 13.0 Å². The number of Topliss-reactive ketones (excluding diaryl/α,β-unsaturated/α-hetero) is 1. The summed E-state index contributed by atoms with van der Waals surface area (Å²) in [7, 11) is 1.43. The Bertz CT molecular complexity index is 1320. The molecule has 0 saturated heterocycles. The number of rotatable bonds is 2. The Labute approximate surface area is 176 Å². The third-order valence-electron chi connectivity index (χ3n) is 7.22. The minimum Gasteiger partial charge on any atom is -0.463 e. The standard InChI is InChI=1S/C22H23N3O6/c1-11-8-16(27)14-9-15-13(6-7-24-20(29)23(3)21(30)25(15)24)18(22(14,2)19(11)28)17-5-4-12(10-26)31-17/h4-6,8,14-15,18,26H,7,9-10H2,1-3H3. The van der Waals surface area contributed by atoms with Gasteiger partial charge < -0.3 is 9.52 Å². The van der Waals surface area contributed by atoms with Crippen LogP contribution < -0.4 is 11.4 Å². The summed E-state index contributed by atoms with van der Waals surface area (Å²) in [6.45, 7) is 3.31. The van der Waals surface area contributed by atoms with E-state index in [1.54, 1.807) is 26.0 Å². The van der Waals surface area contributed by atoms with Gasteiger partial charge in [0.1, 0.15) is 18.1 Å². The van der Waals surface area contributed by atoms with Crippen molar-refractivity contribution in [3.8, 4) is 0 Å². The lowest BCUT2D eigenvalue weighted by atomic mass is 9.51. The lowest BCUT2D eigenvalue weighted by Gasteiger charge is -2.51. The van der Waals surface area contributed by atoms with Gasteiger partial charge in [0.05, 0.1) is 23.9 Å². The van der Waals surface area contributed by atoms with Crippen molar-refractivity contribution in [2.75, 3.05) is 0 Å². The highest BCUT2D eigenvalue weighted by molar-refractivity contribution is 6.13. The Morgan fingerprint density at radius 3 is 2.61 bits per heavy atom. The van der Waals surface area contributed by atoms with E-state index < -0.39 is 34.7 Å². The average Bonchev–Trinajstić information content (AvgIpc) is 3.30. The Balaban J connectivity index is 1.78. The molecule has 2 aromatic heterocycles. The van der Waals surface area contributed by atoms with Crippen LogP contribution in [0.15, 0.2) is 49.4 Å². The van der Waals surface area contributed by atoms with E-state index in [2.05, 4.69) is 0 Å². The number of nitrogens with zero attached hydrogens (tertiary/aromatic N) is 3. The van der Waals surface area contributed by atoms with Gasteiger partial charge in [-0.2, -0.15) is 0 Å². The van der Waals surface area contributed by atoms with E-state index in [0.29, 0.717) is 17.1 Å². The second kappa shape index (κ2) is 6.40. The number of allylic oxidation sites excluding steroid dienone is 4. The molecule has 2 aliphatic carbocycles. The summed E-state index contributed by atoms with van der Waals surface area (Å²) in [6, 6.07) is 2.80. The molecule has 2 aromatic rings. The molecule has 4 unspecified atom stereocenters. The first-order valence-corrected chi connectivity index (χ1v) is 10.2. The quantitative estimate of drug-likeness (QED) is 0.713. The van der Waals surface area contributed by atoms with E-state index in [9.17, 15) is 24.3 Å². The van der Waals surface area contributed by atoms with Gasteiger partial charge in [-0.05, 0) is 42.7 Å². The fourth-order valence-electron chi connectivity index (χ4n) is 5.70. The molecule has 0 radical (unpaired) electrons. The van der Waals surface area contributed by atoms with Crippen LogP contribution >= 0.6 is 0 Å². The number of fused-ring (bicyclic) bond motifs is 4. The minimum absolute atomic E-state index is 0.133. The summed E-state index contributed by atoms with van der Waals surface area (Å²) in [5.41, 5.74) is -0.802. The van der Waals surface area contributed by atoms with Crippen molar-refractivity contribution in [2.45, 2.75) is 45.4 Å². The van der Waals surface area contributed by atoms with Crippen LogP contribution in [0.4, 0.5) is 0 Å². The first kappa shape index (κ1) is 19.7. The van der Waals surface area contributed by atoms with Gasteiger partial charge in [-0.1, -0.05) is 13.0 Å². The molecule has 0 aromatic carbocycles. The zero-order valence-electron chi connectivity index (χ0n) is 17.5. The van der Waals surface area contributed by atoms with Crippen molar-refractivity contribution in [3.63, 3.8) is 0 Å². The molecule has 1 aliphatic heterocycles. The summed E-state index contributed by atoms with van der Waals surface area (Å²) in [6.07, 6.45) is 3.49. The molecule has 0 amide bonds. The molecular formula is C22H23N3O6. The Morgan fingerprint density at radius 1 is 1.19 bits per heavy atom. The number of aromatic nitrogens is 3. The zero-order valence-corrected chi connectivity index (χ0v) is 17.5. The van der Waals surface area contributed by atoms with Crippen LogP contribution in [0, 0.1) is 11.3 Å². The van der Waals surface area contributed by atoms with Gasteiger partial charge in [-0.25, -0.2) is 23.5 Å². The van der Waals surface area contributed by atoms with Crippen LogP contribution in [-0.2, 0) is 29.8 Å². The summed E-state index contributed by atoms with van der Waals surface area (Å²) in [5, 5.41) is 9.49. The topological polar surface area (TPSA) is 116 Å². The van der Waals surface area contributed by atoms with E-state index in [1.165, 1.54) is 22.5 Å². The second-order valence-corrected chi connectivity index (χ2v) is 8.80. The molecule has 31 heavy (non-hydrogen) atoms. The first-order valence-electron chi connectivity index (χ1n) is 10.2. The number of carbonyl (C=O) groups is 2. The van der Waals surface area contributed by atoms with Crippen molar-refractivity contribution in [1.82, 2.24) is 13.9 Å². The van der Waals surface area contributed by atoms with E-state index in [1.807, 2.05) is 6.08 Å². The maximum atomic E-state index is 13.5. The molecule has 9 heteroatoms. The number of aliphatic hydroxyl groups excluding tert-OH is 1. The Morgan fingerprint density at radius 2 is 1.94 bits per heavy atom. The van der Waals surface area contributed by atoms with Gasteiger partial charge in [0.25, 0.3) is 0 Å². The van der Waals surface area contributed by atoms with Gasteiger partial charge in [-0.15, -0.1) is 0 Å². The number of carbonyl (C=O) groups excluding carboxylic acids is 2. The van der Waals surface area contributed by atoms with Gasteiger partial charge in [0.15, 0.2) is 11.6 Å². The normalized spacial score (nSPS) is 29.7. The Kier molecular flexibility index (Phi) is 4.08. The van der Waals surface area contributed by atoms with Crippen molar-refractivity contribution < 1.29 is 19.1 Å². The lowest BCUT2D eigenvalue weighted by Crippen LogP contribution is -2.54. The molecule has 1 saturated carbocycles. The smallest absolute Gasteiger partial charge is 0.347 e.